The molecule has 5 nitrogen and oxygen atoms in total. The zero-order valence-electron chi connectivity index (χ0n) is 15.7. The molecule has 1 aromatic heterocycles. The normalized spacial score (nSPS) is 15.5. The van der Waals surface area contributed by atoms with Gasteiger partial charge in [-0.1, -0.05) is 19.3 Å². The Morgan fingerprint density at radius 3 is 2.64 bits per heavy atom. The molecule has 1 aliphatic carbocycles. The standard InChI is InChI=1S/C20H30N4O/c1-14-12-18-19(13-15(14)2)24(16(3)22-18)11-7-10-21-20(25)23-17-8-5-4-6-9-17/h12-13,17H,4-11H2,1-3H3,(H2,21,23,25). The zero-order valence-corrected chi connectivity index (χ0v) is 15.7. The minimum absolute atomic E-state index is 0.0226. The predicted octanol–water partition coefficient (Wildman–Crippen LogP) is 3.98. The summed E-state index contributed by atoms with van der Waals surface area (Å²) >= 11 is 0. The first kappa shape index (κ1) is 17.8. The second kappa shape index (κ2) is 7.89. The second-order valence-corrected chi connectivity index (χ2v) is 7.32. The van der Waals surface area contributed by atoms with E-state index in [1.165, 1.54) is 35.9 Å². The minimum atomic E-state index is -0.0226. The number of fused-ring (bicyclic) bond motifs is 1. The van der Waals surface area contributed by atoms with Crippen LogP contribution in [0.15, 0.2) is 12.1 Å². The number of amides is 2. The van der Waals surface area contributed by atoms with E-state index in [0.717, 1.165) is 37.1 Å². The number of carbonyl (C=O) groups excluding carboxylic acids is 1. The molecule has 136 valence electrons. The fraction of sp³-hybridized carbons (Fsp3) is 0.600. The Kier molecular flexibility index (Phi) is 5.61. The van der Waals surface area contributed by atoms with Crippen LogP contribution in [-0.2, 0) is 6.54 Å². The number of nitrogens with one attached hydrogen (secondary N) is 2. The van der Waals surface area contributed by atoms with Crippen molar-refractivity contribution in [3.8, 4) is 0 Å². The molecule has 1 aromatic carbocycles. The van der Waals surface area contributed by atoms with Gasteiger partial charge in [0.05, 0.1) is 11.0 Å². The van der Waals surface area contributed by atoms with E-state index >= 15 is 0 Å². The molecule has 0 atom stereocenters. The maximum Gasteiger partial charge on any atom is 0.315 e. The number of urea groups is 1. The van der Waals surface area contributed by atoms with Crippen LogP contribution < -0.4 is 10.6 Å². The van der Waals surface area contributed by atoms with Crippen molar-refractivity contribution >= 4 is 17.1 Å². The molecule has 2 N–H and O–H groups in total. The van der Waals surface area contributed by atoms with Crippen molar-refractivity contribution in [2.75, 3.05) is 6.54 Å². The molecular formula is C20H30N4O. The number of aromatic nitrogens is 2. The van der Waals surface area contributed by atoms with Crippen molar-refractivity contribution < 1.29 is 4.79 Å². The van der Waals surface area contributed by atoms with E-state index in [2.05, 4.69) is 46.2 Å². The highest BCUT2D eigenvalue weighted by atomic mass is 16.2. The average Bonchev–Trinajstić information content (AvgIpc) is 2.88. The lowest BCUT2D eigenvalue weighted by atomic mass is 9.96. The molecule has 1 saturated carbocycles. The van der Waals surface area contributed by atoms with Crippen LogP contribution in [0.3, 0.4) is 0 Å². The van der Waals surface area contributed by atoms with E-state index in [1.807, 2.05) is 6.92 Å². The molecular weight excluding hydrogens is 312 g/mol. The summed E-state index contributed by atoms with van der Waals surface area (Å²) in [6.07, 6.45) is 6.90. The molecule has 1 fully saturated rings. The van der Waals surface area contributed by atoms with Gasteiger partial charge in [0.15, 0.2) is 0 Å². The summed E-state index contributed by atoms with van der Waals surface area (Å²) < 4.78 is 2.25. The summed E-state index contributed by atoms with van der Waals surface area (Å²) in [6.45, 7) is 7.86. The quantitative estimate of drug-likeness (QED) is 0.807. The molecule has 0 spiro atoms. The maximum absolute atomic E-state index is 12.0. The van der Waals surface area contributed by atoms with Gasteiger partial charge in [-0.25, -0.2) is 9.78 Å². The number of hydrogen-bond donors (Lipinski definition) is 2. The van der Waals surface area contributed by atoms with E-state index in [-0.39, 0.29) is 6.03 Å². The Balaban J connectivity index is 1.50. The van der Waals surface area contributed by atoms with Crippen molar-refractivity contribution in [1.29, 1.82) is 0 Å². The predicted molar refractivity (Wildman–Crippen MR) is 102 cm³/mol. The van der Waals surface area contributed by atoms with E-state index in [4.69, 9.17) is 0 Å². The summed E-state index contributed by atoms with van der Waals surface area (Å²) in [5.74, 6) is 1.03. The van der Waals surface area contributed by atoms with E-state index in [1.54, 1.807) is 0 Å². The van der Waals surface area contributed by atoms with Crippen LogP contribution in [0.1, 0.15) is 55.5 Å². The summed E-state index contributed by atoms with van der Waals surface area (Å²) in [5, 5.41) is 6.09. The molecule has 2 amide bonds. The lowest BCUT2D eigenvalue weighted by Gasteiger charge is -2.22. The second-order valence-electron chi connectivity index (χ2n) is 7.32. The Hall–Kier alpha value is -2.04. The SMILES string of the molecule is Cc1cc2nc(C)n(CCCNC(=O)NC3CCCCC3)c2cc1C. The van der Waals surface area contributed by atoms with Crippen LogP contribution in [-0.4, -0.2) is 28.2 Å². The van der Waals surface area contributed by atoms with Gasteiger partial charge in [-0.15, -0.1) is 0 Å². The minimum Gasteiger partial charge on any atom is -0.338 e. The van der Waals surface area contributed by atoms with Crippen LogP contribution in [0.2, 0.25) is 0 Å². The molecule has 3 rings (SSSR count). The Morgan fingerprint density at radius 2 is 1.88 bits per heavy atom. The van der Waals surface area contributed by atoms with Crippen molar-refractivity contribution in [3.05, 3.63) is 29.1 Å². The molecule has 0 unspecified atom stereocenters. The fourth-order valence-corrected chi connectivity index (χ4v) is 3.71. The Bertz CT molecular complexity index is 744. The van der Waals surface area contributed by atoms with Gasteiger partial charge < -0.3 is 15.2 Å². The first-order valence-electron chi connectivity index (χ1n) is 9.53. The molecule has 1 aliphatic rings. The highest BCUT2D eigenvalue weighted by Crippen LogP contribution is 2.21. The van der Waals surface area contributed by atoms with Gasteiger partial charge in [0.25, 0.3) is 0 Å². The van der Waals surface area contributed by atoms with Crippen molar-refractivity contribution in [2.24, 2.45) is 0 Å². The maximum atomic E-state index is 12.0. The van der Waals surface area contributed by atoms with Gasteiger partial charge in [0.1, 0.15) is 5.82 Å². The van der Waals surface area contributed by atoms with Crippen molar-refractivity contribution in [3.63, 3.8) is 0 Å². The van der Waals surface area contributed by atoms with Gasteiger partial charge >= 0.3 is 6.03 Å². The number of hydrogen-bond acceptors (Lipinski definition) is 2. The Labute approximate surface area is 150 Å². The third kappa shape index (κ3) is 4.33. The monoisotopic (exact) mass is 342 g/mol. The van der Waals surface area contributed by atoms with E-state index in [9.17, 15) is 4.79 Å². The molecule has 5 heteroatoms. The third-order valence-corrected chi connectivity index (χ3v) is 5.34. The molecule has 0 aliphatic heterocycles. The first-order valence-corrected chi connectivity index (χ1v) is 9.53. The topological polar surface area (TPSA) is 59.0 Å². The van der Waals surface area contributed by atoms with Gasteiger partial charge in [-0.3, -0.25) is 0 Å². The number of benzene rings is 1. The van der Waals surface area contributed by atoms with Gasteiger partial charge in [-0.05, 0) is 63.3 Å². The Morgan fingerprint density at radius 1 is 1.16 bits per heavy atom. The summed E-state index contributed by atoms with van der Waals surface area (Å²) in [5.41, 5.74) is 4.81. The molecule has 1 heterocycles. The van der Waals surface area contributed by atoms with Crippen LogP contribution in [0.5, 0.6) is 0 Å². The smallest absolute Gasteiger partial charge is 0.315 e. The van der Waals surface area contributed by atoms with Crippen LogP contribution in [0.4, 0.5) is 4.79 Å². The van der Waals surface area contributed by atoms with Gasteiger partial charge in [0.2, 0.25) is 0 Å². The zero-order chi connectivity index (χ0) is 17.8. The largest absolute Gasteiger partial charge is 0.338 e. The fourth-order valence-electron chi connectivity index (χ4n) is 3.71. The molecule has 25 heavy (non-hydrogen) atoms. The molecule has 0 saturated heterocycles. The summed E-state index contributed by atoms with van der Waals surface area (Å²) in [4.78, 5) is 16.7. The lowest BCUT2D eigenvalue weighted by Crippen LogP contribution is -2.43. The van der Waals surface area contributed by atoms with Crippen molar-refractivity contribution in [1.82, 2.24) is 20.2 Å². The van der Waals surface area contributed by atoms with E-state index < -0.39 is 0 Å². The first-order chi connectivity index (χ1) is 12.0. The summed E-state index contributed by atoms with van der Waals surface area (Å²) in [6, 6.07) is 4.71. The van der Waals surface area contributed by atoms with Crippen molar-refractivity contribution in [2.45, 2.75) is 71.9 Å². The van der Waals surface area contributed by atoms with Gasteiger partial charge in [0, 0.05) is 19.1 Å². The van der Waals surface area contributed by atoms with Crippen LogP contribution in [0.25, 0.3) is 11.0 Å². The third-order valence-electron chi connectivity index (χ3n) is 5.34. The molecule has 2 aromatic rings. The lowest BCUT2D eigenvalue weighted by molar-refractivity contribution is 0.232. The molecule has 0 radical (unpaired) electrons. The number of nitrogens with zero attached hydrogens (tertiary/aromatic N) is 2. The van der Waals surface area contributed by atoms with E-state index in [0.29, 0.717) is 12.6 Å². The van der Waals surface area contributed by atoms with Crippen LogP contribution >= 0.6 is 0 Å². The number of rotatable bonds is 5. The van der Waals surface area contributed by atoms with Crippen LogP contribution in [0, 0.1) is 20.8 Å². The highest BCUT2D eigenvalue weighted by Gasteiger charge is 2.15. The number of aryl methyl sites for hydroxylation is 4. The summed E-state index contributed by atoms with van der Waals surface area (Å²) in [7, 11) is 0. The highest BCUT2D eigenvalue weighted by molar-refractivity contribution is 5.78. The molecule has 0 bridgehead atoms. The van der Waals surface area contributed by atoms with Gasteiger partial charge in [-0.2, -0.15) is 0 Å². The average molecular weight is 342 g/mol. The number of carbonyl (C=O) groups is 1. The number of imidazole rings is 1.